The van der Waals surface area contributed by atoms with Gasteiger partial charge in [-0.15, -0.1) is 0 Å². The molecule has 1 saturated carbocycles. The molecule has 3 rings (SSSR count). The first kappa shape index (κ1) is 20.8. The highest BCUT2D eigenvalue weighted by atomic mass is 32.2. The number of hydrazine groups is 1. The van der Waals surface area contributed by atoms with Gasteiger partial charge in [-0.25, -0.2) is 8.42 Å². The SMILES string of the molecule is Cc1ccc(S(=O)(=O)N2CCC[C@H](C(=O)NNC(=O)CC3CCCC3)C2)cc1. The zero-order valence-corrected chi connectivity index (χ0v) is 17.1. The quantitative estimate of drug-likeness (QED) is 0.731. The lowest BCUT2D eigenvalue weighted by Gasteiger charge is -2.31. The number of rotatable bonds is 5. The van der Waals surface area contributed by atoms with Gasteiger partial charge in [0.1, 0.15) is 0 Å². The Hall–Kier alpha value is -1.93. The van der Waals surface area contributed by atoms with Gasteiger partial charge in [-0.3, -0.25) is 20.4 Å². The van der Waals surface area contributed by atoms with Crippen molar-refractivity contribution in [2.45, 2.75) is 56.8 Å². The second kappa shape index (κ2) is 9.05. The molecule has 0 unspecified atom stereocenters. The molecule has 0 bridgehead atoms. The van der Waals surface area contributed by atoms with Gasteiger partial charge in [0.15, 0.2) is 0 Å². The highest BCUT2D eigenvalue weighted by molar-refractivity contribution is 7.89. The molecule has 28 heavy (non-hydrogen) atoms. The highest BCUT2D eigenvalue weighted by Crippen LogP contribution is 2.27. The maximum absolute atomic E-state index is 12.9. The van der Waals surface area contributed by atoms with Crippen molar-refractivity contribution in [1.82, 2.24) is 15.2 Å². The summed E-state index contributed by atoms with van der Waals surface area (Å²) in [6, 6.07) is 6.72. The van der Waals surface area contributed by atoms with E-state index in [4.69, 9.17) is 0 Å². The molecular weight excluding hydrogens is 378 g/mol. The summed E-state index contributed by atoms with van der Waals surface area (Å²) < 4.78 is 27.1. The van der Waals surface area contributed by atoms with Crippen molar-refractivity contribution in [3.8, 4) is 0 Å². The zero-order chi connectivity index (χ0) is 20.1. The summed E-state index contributed by atoms with van der Waals surface area (Å²) >= 11 is 0. The first-order chi connectivity index (χ1) is 13.4. The van der Waals surface area contributed by atoms with Crippen LogP contribution in [0, 0.1) is 18.8 Å². The molecule has 2 N–H and O–H groups in total. The third kappa shape index (κ3) is 5.11. The fourth-order valence-corrected chi connectivity index (χ4v) is 5.52. The fraction of sp³-hybridized carbons (Fsp3) is 0.600. The van der Waals surface area contributed by atoms with Crippen LogP contribution in [0.4, 0.5) is 0 Å². The predicted octanol–water partition coefficient (Wildman–Crippen LogP) is 2.12. The van der Waals surface area contributed by atoms with Gasteiger partial charge in [-0.05, 0) is 50.7 Å². The van der Waals surface area contributed by atoms with E-state index in [1.54, 1.807) is 24.3 Å². The number of hydrogen-bond donors (Lipinski definition) is 2. The van der Waals surface area contributed by atoms with Crippen molar-refractivity contribution in [1.29, 1.82) is 0 Å². The van der Waals surface area contributed by atoms with Crippen LogP contribution in [0.3, 0.4) is 0 Å². The van der Waals surface area contributed by atoms with Crippen LogP contribution in [0.5, 0.6) is 0 Å². The van der Waals surface area contributed by atoms with Gasteiger partial charge in [0, 0.05) is 19.5 Å². The van der Waals surface area contributed by atoms with E-state index in [1.165, 1.54) is 4.31 Å². The zero-order valence-electron chi connectivity index (χ0n) is 16.3. The molecule has 154 valence electrons. The van der Waals surface area contributed by atoms with Crippen LogP contribution in [0.2, 0.25) is 0 Å². The molecule has 1 heterocycles. The molecular formula is C20H29N3O4S. The summed E-state index contributed by atoms with van der Waals surface area (Å²) in [4.78, 5) is 24.7. The average Bonchev–Trinajstić information content (AvgIpc) is 3.19. The van der Waals surface area contributed by atoms with Crippen molar-refractivity contribution in [2.75, 3.05) is 13.1 Å². The lowest BCUT2D eigenvalue weighted by molar-refractivity contribution is -0.132. The van der Waals surface area contributed by atoms with Crippen molar-refractivity contribution in [3.63, 3.8) is 0 Å². The molecule has 1 aliphatic carbocycles. The fourth-order valence-electron chi connectivity index (χ4n) is 4.00. The van der Waals surface area contributed by atoms with Crippen LogP contribution in [0.15, 0.2) is 29.2 Å². The van der Waals surface area contributed by atoms with Gasteiger partial charge >= 0.3 is 0 Å². The number of nitrogens with zero attached hydrogens (tertiary/aromatic N) is 1. The Morgan fingerprint density at radius 2 is 1.71 bits per heavy atom. The maximum Gasteiger partial charge on any atom is 0.243 e. The number of benzene rings is 1. The molecule has 0 aromatic heterocycles. The third-order valence-electron chi connectivity index (χ3n) is 5.69. The topological polar surface area (TPSA) is 95.6 Å². The summed E-state index contributed by atoms with van der Waals surface area (Å²) in [6.45, 7) is 2.42. The van der Waals surface area contributed by atoms with E-state index in [2.05, 4.69) is 10.9 Å². The number of hydrogen-bond acceptors (Lipinski definition) is 4. The van der Waals surface area contributed by atoms with Gasteiger partial charge in [-0.1, -0.05) is 30.5 Å². The average molecular weight is 408 g/mol. The van der Waals surface area contributed by atoms with E-state index >= 15 is 0 Å². The Morgan fingerprint density at radius 1 is 1.04 bits per heavy atom. The van der Waals surface area contributed by atoms with E-state index in [9.17, 15) is 18.0 Å². The van der Waals surface area contributed by atoms with Crippen molar-refractivity contribution >= 4 is 21.8 Å². The van der Waals surface area contributed by atoms with Gasteiger partial charge in [0.25, 0.3) is 0 Å². The Morgan fingerprint density at radius 3 is 2.39 bits per heavy atom. The molecule has 1 aliphatic heterocycles. The predicted molar refractivity (Wildman–Crippen MR) is 106 cm³/mol. The number of nitrogens with one attached hydrogen (secondary N) is 2. The van der Waals surface area contributed by atoms with E-state index in [0.29, 0.717) is 31.7 Å². The van der Waals surface area contributed by atoms with Crippen LogP contribution < -0.4 is 10.9 Å². The molecule has 0 spiro atoms. The Bertz CT molecular complexity index is 801. The van der Waals surface area contributed by atoms with E-state index in [-0.39, 0.29) is 23.3 Å². The van der Waals surface area contributed by atoms with E-state index in [0.717, 1.165) is 31.2 Å². The Labute approximate surface area is 166 Å². The maximum atomic E-state index is 12.9. The van der Waals surface area contributed by atoms with Crippen LogP contribution >= 0.6 is 0 Å². The smallest absolute Gasteiger partial charge is 0.243 e. The first-order valence-corrected chi connectivity index (χ1v) is 11.5. The lowest BCUT2D eigenvalue weighted by atomic mass is 9.99. The Balaban J connectivity index is 1.54. The molecule has 8 heteroatoms. The van der Waals surface area contributed by atoms with Gasteiger partial charge in [0.2, 0.25) is 21.8 Å². The molecule has 1 saturated heterocycles. The van der Waals surface area contributed by atoms with Gasteiger partial charge < -0.3 is 0 Å². The summed E-state index contributed by atoms with van der Waals surface area (Å²) in [5, 5.41) is 0. The Kier molecular flexibility index (Phi) is 6.72. The molecule has 1 aromatic carbocycles. The molecule has 2 amide bonds. The lowest BCUT2D eigenvalue weighted by Crippen LogP contribution is -2.50. The second-order valence-corrected chi connectivity index (χ2v) is 9.85. The minimum absolute atomic E-state index is 0.126. The van der Waals surface area contributed by atoms with Crippen LogP contribution in [0.25, 0.3) is 0 Å². The van der Waals surface area contributed by atoms with E-state index < -0.39 is 15.9 Å². The summed E-state index contributed by atoms with van der Waals surface area (Å²) in [5.41, 5.74) is 5.97. The van der Waals surface area contributed by atoms with Crippen molar-refractivity contribution < 1.29 is 18.0 Å². The number of piperidine rings is 1. The highest BCUT2D eigenvalue weighted by Gasteiger charge is 2.33. The second-order valence-electron chi connectivity index (χ2n) is 7.91. The molecule has 1 atom stereocenters. The molecule has 2 fully saturated rings. The van der Waals surface area contributed by atoms with Crippen LogP contribution in [0.1, 0.15) is 50.5 Å². The summed E-state index contributed by atoms with van der Waals surface area (Å²) in [7, 11) is -3.63. The van der Waals surface area contributed by atoms with Crippen molar-refractivity contribution in [3.05, 3.63) is 29.8 Å². The summed E-state index contributed by atoms with van der Waals surface area (Å²) in [6.07, 6.45) is 6.10. The standard InChI is InChI=1S/C20H29N3O4S/c1-15-8-10-18(11-9-15)28(26,27)23-12-4-7-17(14-23)20(25)22-21-19(24)13-16-5-2-3-6-16/h8-11,16-17H,2-7,12-14H2,1H3,(H,21,24)(H,22,25)/t17-/m0/s1. The van der Waals surface area contributed by atoms with Gasteiger partial charge in [-0.2, -0.15) is 4.31 Å². The number of amides is 2. The van der Waals surface area contributed by atoms with E-state index in [1.807, 2.05) is 6.92 Å². The summed E-state index contributed by atoms with van der Waals surface area (Å²) in [5.74, 6) is -0.578. The van der Waals surface area contributed by atoms with Crippen molar-refractivity contribution in [2.24, 2.45) is 11.8 Å². The molecule has 0 radical (unpaired) electrons. The van der Waals surface area contributed by atoms with Crippen LogP contribution in [-0.4, -0.2) is 37.6 Å². The first-order valence-electron chi connectivity index (χ1n) is 10.0. The van der Waals surface area contributed by atoms with Gasteiger partial charge in [0.05, 0.1) is 10.8 Å². The minimum atomic E-state index is -3.63. The largest absolute Gasteiger partial charge is 0.273 e. The van der Waals surface area contributed by atoms with Crippen LogP contribution in [-0.2, 0) is 19.6 Å². The number of sulfonamides is 1. The number of aryl methyl sites for hydroxylation is 1. The monoisotopic (exact) mass is 407 g/mol. The molecule has 7 nitrogen and oxygen atoms in total. The third-order valence-corrected chi connectivity index (χ3v) is 7.57. The number of carbonyl (C=O) groups excluding carboxylic acids is 2. The molecule has 2 aliphatic rings. The minimum Gasteiger partial charge on any atom is -0.273 e. The molecule has 1 aromatic rings. The number of carbonyl (C=O) groups is 2. The normalized spacial score (nSPS) is 21.4.